The van der Waals surface area contributed by atoms with E-state index < -0.39 is 0 Å². The van der Waals surface area contributed by atoms with E-state index in [4.69, 9.17) is 0 Å². The predicted octanol–water partition coefficient (Wildman–Crippen LogP) is 2.46. The molecule has 0 spiro atoms. The maximum Gasteiger partial charge on any atom is 0.319 e. The molecule has 148 valence electrons. The van der Waals surface area contributed by atoms with Gasteiger partial charge in [-0.1, -0.05) is 60.7 Å². The topological polar surface area (TPSA) is 38.8 Å². The highest BCUT2D eigenvalue weighted by Gasteiger charge is 2.40. The Hall–Kier alpha value is -2.37. The summed E-state index contributed by atoms with van der Waals surface area (Å²) in [6, 6.07) is 22.5. The number of fused-ring (bicyclic) bond motifs is 1. The summed E-state index contributed by atoms with van der Waals surface area (Å²) in [7, 11) is 3.66. The molecule has 2 atom stereocenters. The van der Waals surface area contributed by atoms with Crippen molar-refractivity contribution in [2.75, 3.05) is 46.8 Å². The molecule has 2 fully saturated rings. The van der Waals surface area contributed by atoms with Crippen LogP contribution in [0.15, 0.2) is 60.7 Å². The van der Waals surface area contributed by atoms with E-state index in [2.05, 4.69) is 70.9 Å². The van der Waals surface area contributed by atoms with E-state index in [1.54, 1.807) is 4.90 Å². The van der Waals surface area contributed by atoms with Gasteiger partial charge in [0, 0.05) is 64.8 Å². The summed E-state index contributed by atoms with van der Waals surface area (Å²) in [4.78, 5) is 18.8. The van der Waals surface area contributed by atoms with Crippen molar-refractivity contribution in [1.82, 2.24) is 20.0 Å². The lowest BCUT2D eigenvalue weighted by Crippen LogP contribution is -2.67. The minimum absolute atomic E-state index is 0.115. The smallest absolute Gasteiger partial charge is 0.319 e. The first kappa shape index (κ1) is 19.0. The summed E-state index contributed by atoms with van der Waals surface area (Å²) in [6.07, 6.45) is 0. The van der Waals surface area contributed by atoms with Gasteiger partial charge in [-0.15, -0.1) is 0 Å². The van der Waals surface area contributed by atoms with E-state index in [0.29, 0.717) is 18.0 Å². The number of hydrogen-bond donors (Lipinski definition) is 1. The van der Waals surface area contributed by atoms with Gasteiger partial charge < -0.3 is 15.1 Å². The molecule has 0 radical (unpaired) electrons. The van der Waals surface area contributed by atoms with Gasteiger partial charge >= 0.3 is 6.03 Å². The number of piperazine rings is 2. The largest absolute Gasteiger partial charge is 0.331 e. The Morgan fingerprint density at radius 1 is 0.964 bits per heavy atom. The van der Waals surface area contributed by atoms with Gasteiger partial charge in [-0.3, -0.25) is 4.90 Å². The molecule has 0 saturated carbocycles. The third kappa shape index (κ3) is 3.77. The van der Waals surface area contributed by atoms with Crippen LogP contribution in [-0.4, -0.2) is 79.6 Å². The molecular formula is C23H30N4O. The van der Waals surface area contributed by atoms with Crippen molar-refractivity contribution in [2.45, 2.75) is 18.0 Å². The monoisotopic (exact) mass is 378 g/mol. The molecule has 28 heavy (non-hydrogen) atoms. The number of hydrogen-bond acceptors (Lipinski definition) is 3. The molecule has 2 heterocycles. The second-order valence-electron chi connectivity index (χ2n) is 8.04. The average molecular weight is 379 g/mol. The average Bonchev–Trinajstić information content (AvgIpc) is 2.74. The van der Waals surface area contributed by atoms with Crippen LogP contribution in [0.1, 0.15) is 17.0 Å². The molecule has 5 nitrogen and oxygen atoms in total. The lowest BCUT2D eigenvalue weighted by molar-refractivity contribution is 0.0231. The molecule has 0 aromatic heterocycles. The van der Waals surface area contributed by atoms with Crippen LogP contribution < -0.4 is 5.32 Å². The van der Waals surface area contributed by atoms with E-state index >= 15 is 0 Å². The molecule has 2 aliphatic heterocycles. The summed E-state index contributed by atoms with van der Waals surface area (Å²) in [6.45, 7) is 4.40. The number of urea groups is 1. The zero-order chi connectivity index (χ0) is 19.5. The van der Waals surface area contributed by atoms with E-state index in [9.17, 15) is 4.79 Å². The van der Waals surface area contributed by atoms with Crippen molar-refractivity contribution >= 4 is 6.03 Å². The third-order valence-electron chi connectivity index (χ3n) is 6.04. The van der Waals surface area contributed by atoms with Gasteiger partial charge in [0.15, 0.2) is 0 Å². The molecule has 0 aliphatic carbocycles. The van der Waals surface area contributed by atoms with Gasteiger partial charge in [0.25, 0.3) is 0 Å². The molecule has 0 unspecified atom stereocenters. The molecule has 1 N–H and O–H groups in total. The lowest BCUT2D eigenvalue weighted by atomic mass is 9.82. The zero-order valence-electron chi connectivity index (χ0n) is 16.8. The van der Waals surface area contributed by atoms with Crippen molar-refractivity contribution in [3.8, 4) is 0 Å². The fourth-order valence-corrected chi connectivity index (χ4v) is 4.73. The van der Waals surface area contributed by atoms with Crippen LogP contribution in [0, 0.1) is 0 Å². The first-order valence-corrected chi connectivity index (χ1v) is 10.2. The van der Waals surface area contributed by atoms with Crippen LogP contribution in [0.2, 0.25) is 0 Å². The quantitative estimate of drug-likeness (QED) is 0.892. The van der Waals surface area contributed by atoms with Crippen molar-refractivity contribution in [2.24, 2.45) is 0 Å². The highest BCUT2D eigenvalue weighted by Crippen LogP contribution is 2.33. The second kappa shape index (κ2) is 8.33. The highest BCUT2D eigenvalue weighted by molar-refractivity contribution is 5.74. The van der Waals surface area contributed by atoms with E-state index in [0.717, 1.165) is 32.7 Å². The first-order valence-electron chi connectivity index (χ1n) is 10.2. The molecule has 2 aromatic carbocycles. The van der Waals surface area contributed by atoms with Gasteiger partial charge in [0.05, 0.1) is 0 Å². The van der Waals surface area contributed by atoms with Crippen molar-refractivity contribution in [3.63, 3.8) is 0 Å². The Morgan fingerprint density at radius 3 is 2.14 bits per heavy atom. The highest BCUT2D eigenvalue weighted by atomic mass is 16.2. The zero-order valence-corrected chi connectivity index (χ0v) is 16.8. The van der Waals surface area contributed by atoms with Crippen LogP contribution >= 0.6 is 0 Å². The van der Waals surface area contributed by atoms with Crippen LogP contribution in [0.4, 0.5) is 4.79 Å². The summed E-state index contributed by atoms with van der Waals surface area (Å²) in [5, 5.41) is 3.65. The van der Waals surface area contributed by atoms with E-state index in [-0.39, 0.29) is 6.03 Å². The molecular weight excluding hydrogens is 348 g/mol. The van der Waals surface area contributed by atoms with Crippen LogP contribution in [0.5, 0.6) is 0 Å². The molecule has 4 rings (SSSR count). The summed E-state index contributed by atoms with van der Waals surface area (Å²) < 4.78 is 0. The number of rotatable bonds is 3. The maximum absolute atomic E-state index is 12.4. The van der Waals surface area contributed by atoms with Crippen molar-refractivity contribution in [3.05, 3.63) is 71.8 Å². The SMILES string of the molecule is CN(C)C(=O)N1CCN2[C@H](CNC[C@H]2C(c2ccccc2)c2ccccc2)C1. The normalized spacial score (nSPS) is 22.8. The summed E-state index contributed by atoms with van der Waals surface area (Å²) >= 11 is 0. The Morgan fingerprint density at radius 2 is 1.57 bits per heavy atom. The number of amides is 2. The van der Waals surface area contributed by atoms with E-state index in [1.807, 2.05) is 19.0 Å². The second-order valence-corrected chi connectivity index (χ2v) is 8.04. The van der Waals surface area contributed by atoms with Crippen molar-refractivity contribution in [1.29, 1.82) is 0 Å². The van der Waals surface area contributed by atoms with Gasteiger partial charge in [-0.25, -0.2) is 4.79 Å². The molecule has 2 saturated heterocycles. The Kier molecular flexibility index (Phi) is 5.64. The Balaban J connectivity index is 1.62. The van der Waals surface area contributed by atoms with Gasteiger partial charge in [-0.2, -0.15) is 0 Å². The van der Waals surface area contributed by atoms with E-state index in [1.165, 1.54) is 11.1 Å². The Labute approximate surface area is 167 Å². The van der Waals surface area contributed by atoms with Crippen LogP contribution in [0.3, 0.4) is 0 Å². The number of carbonyl (C=O) groups excluding carboxylic acids is 1. The van der Waals surface area contributed by atoms with Crippen molar-refractivity contribution < 1.29 is 4.79 Å². The minimum Gasteiger partial charge on any atom is -0.331 e. The minimum atomic E-state index is 0.115. The van der Waals surface area contributed by atoms with Gasteiger partial charge in [0.2, 0.25) is 0 Å². The number of benzene rings is 2. The molecule has 0 bridgehead atoms. The fraction of sp³-hybridized carbons (Fsp3) is 0.435. The number of nitrogens with zero attached hydrogens (tertiary/aromatic N) is 3. The van der Waals surface area contributed by atoms with Crippen LogP contribution in [0.25, 0.3) is 0 Å². The molecule has 2 aliphatic rings. The van der Waals surface area contributed by atoms with Gasteiger partial charge in [-0.05, 0) is 11.1 Å². The third-order valence-corrected chi connectivity index (χ3v) is 6.04. The lowest BCUT2D eigenvalue weighted by Gasteiger charge is -2.51. The maximum atomic E-state index is 12.4. The fourth-order valence-electron chi connectivity index (χ4n) is 4.73. The van der Waals surface area contributed by atoms with Gasteiger partial charge in [0.1, 0.15) is 0 Å². The summed E-state index contributed by atoms with van der Waals surface area (Å²) in [5.74, 6) is 0.314. The standard InChI is InChI=1S/C23H30N4O/c1-25(2)23(28)26-13-14-27-20(17-26)15-24-16-21(27)22(18-9-5-3-6-10-18)19-11-7-4-8-12-19/h3-12,20-22,24H,13-17H2,1-2H3/t20-,21+/m1/s1. The molecule has 2 amide bonds. The first-order chi connectivity index (χ1) is 13.6. The molecule has 5 heteroatoms. The Bertz CT molecular complexity index is 740. The number of nitrogens with one attached hydrogen (secondary N) is 1. The molecule has 2 aromatic rings. The summed E-state index contributed by atoms with van der Waals surface area (Å²) in [5.41, 5.74) is 2.71. The van der Waals surface area contributed by atoms with Crippen LogP contribution in [-0.2, 0) is 0 Å². The number of carbonyl (C=O) groups is 1. The predicted molar refractivity (Wildman–Crippen MR) is 113 cm³/mol.